The van der Waals surface area contributed by atoms with Crippen LogP contribution in [0.1, 0.15) is 33.9 Å². The van der Waals surface area contributed by atoms with E-state index in [9.17, 15) is 14.5 Å². The Morgan fingerprint density at radius 2 is 1.94 bits per heavy atom. The second kappa shape index (κ2) is 11.9. The first-order valence-electron chi connectivity index (χ1n) is 11.1. The van der Waals surface area contributed by atoms with Crippen molar-refractivity contribution in [3.63, 3.8) is 0 Å². The number of hydrogen-bond donors (Lipinski definition) is 3. The molecule has 3 rings (SSSR count). The fourth-order valence-corrected chi connectivity index (χ4v) is 5.48. The molecule has 35 heavy (non-hydrogen) atoms. The molecule has 6 atom stereocenters. The maximum Gasteiger partial charge on any atom is 0.459 e. The van der Waals surface area contributed by atoms with Crippen LogP contribution in [-0.4, -0.2) is 51.6 Å². The molecule has 192 valence electrons. The van der Waals surface area contributed by atoms with E-state index in [0.29, 0.717) is 9.41 Å². The minimum absolute atomic E-state index is 0.276. The number of benzene rings is 1. The largest absolute Gasteiger partial charge is 0.462 e. The maximum atomic E-state index is 13.6. The van der Waals surface area contributed by atoms with Gasteiger partial charge in [0.2, 0.25) is 0 Å². The fourth-order valence-electron chi connectivity index (χ4n) is 3.48. The molecule has 1 aromatic carbocycles. The molecule has 0 aliphatic carbocycles. The van der Waals surface area contributed by atoms with Crippen molar-refractivity contribution in [2.45, 2.75) is 58.3 Å². The number of rotatable bonds is 10. The third-order valence-electron chi connectivity index (χ3n) is 5.24. The molecule has 0 bridgehead atoms. The number of esters is 1. The number of aromatic nitrogens is 2. The first-order valence-corrected chi connectivity index (χ1v) is 13.5. The summed E-state index contributed by atoms with van der Waals surface area (Å²) in [5.41, 5.74) is 0. The van der Waals surface area contributed by atoms with E-state index in [2.05, 4.69) is 10.1 Å². The lowest BCUT2D eigenvalue weighted by Gasteiger charge is -2.25. The number of H-pyrrole nitrogens is 1. The Labute approximate surface area is 214 Å². The molecule has 10 nitrogen and oxygen atoms in total. The van der Waals surface area contributed by atoms with Crippen molar-refractivity contribution in [2.75, 3.05) is 6.61 Å². The average Bonchev–Trinajstić information content (AvgIpc) is 3.06. The average molecular weight is 544 g/mol. The van der Waals surface area contributed by atoms with Gasteiger partial charge in [0.05, 0.1) is 18.8 Å². The number of aromatic amines is 1. The van der Waals surface area contributed by atoms with Crippen molar-refractivity contribution >= 4 is 38.2 Å². The van der Waals surface area contributed by atoms with Gasteiger partial charge in [-0.25, -0.2) is 4.57 Å². The van der Waals surface area contributed by atoms with Crippen molar-refractivity contribution in [3.8, 4) is 5.75 Å². The number of hydrogen-bond acceptors (Lipinski definition) is 9. The summed E-state index contributed by atoms with van der Waals surface area (Å²) in [5.74, 6) is -0.693. The predicted octanol–water partition coefficient (Wildman–Crippen LogP) is 4.30. The van der Waals surface area contributed by atoms with Gasteiger partial charge in [-0.1, -0.05) is 37.3 Å². The smallest absolute Gasteiger partial charge is 0.459 e. The number of nitrogens with one attached hydrogen (secondary N) is 2. The molecule has 1 saturated heterocycles. The Morgan fingerprint density at radius 3 is 2.57 bits per heavy atom. The topological polar surface area (TPSA) is 124 Å². The van der Waals surface area contributed by atoms with E-state index in [1.165, 1.54) is 6.92 Å². The van der Waals surface area contributed by atoms with E-state index in [0.717, 1.165) is 0 Å². The van der Waals surface area contributed by atoms with Crippen molar-refractivity contribution < 1.29 is 33.0 Å². The van der Waals surface area contributed by atoms with Gasteiger partial charge in [0.15, 0.2) is 4.77 Å². The molecule has 6 unspecified atom stereocenters. The summed E-state index contributed by atoms with van der Waals surface area (Å²) in [7, 11) is -4.09. The van der Waals surface area contributed by atoms with Gasteiger partial charge in [-0.3, -0.25) is 13.9 Å². The quantitative estimate of drug-likeness (QED) is 0.227. The van der Waals surface area contributed by atoms with Crippen LogP contribution in [0.4, 0.5) is 0 Å². The summed E-state index contributed by atoms with van der Waals surface area (Å²) in [4.78, 5) is 15.2. The normalized spacial score (nSPS) is 24.6. The highest BCUT2D eigenvalue weighted by Crippen LogP contribution is 2.46. The van der Waals surface area contributed by atoms with Gasteiger partial charge in [0, 0.05) is 12.1 Å². The summed E-state index contributed by atoms with van der Waals surface area (Å²) >= 11 is 10.4. The highest BCUT2D eigenvalue weighted by molar-refractivity contribution is 7.72. The molecular formula is C22H30N3O7PS2. The van der Waals surface area contributed by atoms with E-state index in [1.807, 2.05) is 0 Å². The minimum Gasteiger partial charge on any atom is -0.462 e. The molecule has 2 aromatic rings. The molecule has 0 radical (unpaired) electrons. The number of carbonyl (C=O) groups excluding carboxylic acids is 1. The lowest BCUT2D eigenvalue weighted by molar-refractivity contribution is -0.149. The summed E-state index contributed by atoms with van der Waals surface area (Å²) in [6.07, 6.45) is -1.04. The van der Waals surface area contributed by atoms with Crippen LogP contribution in [0.5, 0.6) is 5.75 Å². The molecule has 1 aromatic heterocycles. The zero-order valence-electron chi connectivity index (χ0n) is 19.8. The maximum absolute atomic E-state index is 13.6. The van der Waals surface area contributed by atoms with E-state index in [4.69, 9.17) is 43.0 Å². The standard InChI is InChI=1S/C22H30N3O7PS2/c1-13(2)30-21(27)15(4)24-33(28,32-16-8-6-5-7-9-16)29-12-17-19(26)14(3)20(31-17)25-11-10-18(34)23-22(25)35/h5-11,13-15,17,19-20,26H,12H2,1-4H3,(H,24,28)(H,23,34,35). The summed E-state index contributed by atoms with van der Waals surface area (Å²) in [6.45, 7) is 6.45. The second-order valence-electron chi connectivity index (χ2n) is 8.47. The van der Waals surface area contributed by atoms with Crippen LogP contribution in [0, 0.1) is 15.3 Å². The molecule has 3 N–H and O–H groups in total. The Balaban J connectivity index is 1.75. The molecule has 1 fully saturated rings. The lowest BCUT2D eigenvalue weighted by atomic mass is 10.0. The van der Waals surface area contributed by atoms with Gasteiger partial charge >= 0.3 is 13.7 Å². The number of aliphatic hydroxyl groups is 1. The van der Waals surface area contributed by atoms with Crippen LogP contribution < -0.4 is 9.61 Å². The fraction of sp³-hybridized carbons (Fsp3) is 0.500. The van der Waals surface area contributed by atoms with Gasteiger partial charge in [-0.15, -0.1) is 0 Å². The minimum atomic E-state index is -4.09. The SMILES string of the molecule is CC(C)OC(=O)C(C)NP(=O)(OCC1OC(n2ccc(=S)[nH]c2=S)C(C)C1O)Oc1ccccc1. The highest BCUT2D eigenvalue weighted by atomic mass is 32.1. The monoisotopic (exact) mass is 543 g/mol. The predicted molar refractivity (Wildman–Crippen MR) is 134 cm³/mol. The number of carbonyl (C=O) groups is 1. The zero-order valence-corrected chi connectivity index (χ0v) is 22.3. The Hall–Kier alpha value is -1.92. The van der Waals surface area contributed by atoms with E-state index >= 15 is 0 Å². The van der Waals surface area contributed by atoms with Crippen LogP contribution >= 0.6 is 32.2 Å². The molecule has 0 saturated carbocycles. The van der Waals surface area contributed by atoms with Gasteiger partial charge in [-0.2, -0.15) is 5.09 Å². The van der Waals surface area contributed by atoms with Crippen molar-refractivity contribution in [3.05, 3.63) is 52.0 Å². The Morgan fingerprint density at radius 1 is 1.26 bits per heavy atom. The van der Waals surface area contributed by atoms with Crippen LogP contribution in [0.2, 0.25) is 0 Å². The van der Waals surface area contributed by atoms with Crippen LogP contribution in [-0.2, 0) is 23.4 Å². The van der Waals surface area contributed by atoms with Gasteiger partial charge in [0.25, 0.3) is 0 Å². The molecule has 1 aliphatic rings. The first-order chi connectivity index (χ1) is 16.5. The summed E-state index contributed by atoms with van der Waals surface area (Å²) in [6, 6.07) is 9.09. The van der Waals surface area contributed by atoms with Gasteiger partial charge < -0.3 is 24.1 Å². The highest BCUT2D eigenvalue weighted by Gasteiger charge is 2.44. The number of aliphatic hydroxyl groups excluding tert-OH is 1. The third kappa shape index (κ3) is 7.29. The van der Waals surface area contributed by atoms with Crippen molar-refractivity contribution in [1.29, 1.82) is 0 Å². The Bertz CT molecular complexity index is 1170. The van der Waals surface area contributed by atoms with Crippen molar-refractivity contribution in [2.24, 2.45) is 5.92 Å². The molecular weight excluding hydrogens is 513 g/mol. The molecule has 1 aliphatic heterocycles. The van der Waals surface area contributed by atoms with E-state index in [-0.39, 0.29) is 24.4 Å². The van der Waals surface area contributed by atoms with Crippen LogP contribution in [0.15, 0.2) is 42.6 Å². The Kier molecular flexibility index (Phi) is 9.39. The zero-order chi connectivity index (χ0) is 25.8. The van der Waals surface area contributed by atoms with Gasteiger partial charge in [0.1, 0.15) is 28.8 Å². The number of para-hydroxylation sites is 1. The van der Waals surface area contributed by atoms with E-state index < -0.39 is 38.2 Å². The van der Waals surface area contributed by atoms with Gasteiger partial charge in [-0.05, 0) is 51.2 Å². The second-order valence-corrected chi connectivity index (χ2v) is 11.0. The van der Waals surface area contributed by atoms with Crippen LogP contribution in [0.3, 0.4) is 0 Å². The van der Waals surface area contributed by atoms with Crippen LogP contribution in [0.25, 0.3) is 0 Å². The lowest BCUT2D eigenvalue weighted by Crippen LogP contribution is -2.37. The molecule has 2 heterocycles. The summed E-state index contributed by atoms with van der Waals surface area (Å²) in [5, 5.41) is 13.4. The first kappa shape index (κ1) is 27.7. The third-order valence-corrected chi connectivity index (χ3v) is 7.44. The molecule has 0 spiro atoms. The van der Waals surface area contributed by atoms with Crippen molar-refractivity contribution in [1.82, 2.24) is 14.6 Å². The molecule has 0 amide bonds. The summed E-state index contributed by atoms with van der Waals surface area (Å²) < 4.78 is 38.6. The number of nitrogens with zero attached hydrogens (tertiary/aromatic N) is 1. The van der Waals surface area contributed by atoms with E-state index in [1.54, 1.807) is 67.9 Å². The molecule has 13 heteroatoms. The number of ether oxygens (including phenoxy) is 2.